The van der Waals surface area contributed by atoms with E-state index in [0.717, 1.165) is 6.54 Å². The lowest BCUT2D eigenvalue weighted by Gasteiger charge is -2.31. The van der Waals surface area contributed by atoms with Gasteiger partial charge in [-0.25, -0.2) is 0 Å². The molecule has 18 heavy (non-hydrogen) atoms. The summed E-state index contributed by atoms with van der Waals surface area (Å²) in [6.45, 7) is 5.81. The summed E-state index contributed by atoms with van der Waals surface area (Å²) in [5, 5.41) is 2.83. The summed E-state index contributed by atoms with van der Waals surface area (Å²) < 4.78 is 0. The van der Waals surface area contributed by atoms with Crippen LogP contribution in [0.4, 0.5) is 0 Å². The minimum absolute atomic E-state index is 0.0421. The lowest BCUT2D eigenvalue weighted by Crippen LogP contribution is -2.42. The van der Waals surface area contributed by atoms with Gasteiger partial charge in [0.05, 0.1) is 6.54 Å². The highest BCUT2D eigenvalue weighted by Gasteiger charge is 2.17. The van der Waals surface area contributed by atoms with Crippen molar-refractivity contribution in [3.8, 4) is 0 Å². The number of rotatable bonds is 6. The van der Waals surface area contributed by atoms with Gasteiger partial charge in [-0.15, -0.1) is 0 Å². The summed E-state index contributed by atoms with van der Waals surface area (Å²) in [5.41, 5.74) is 2.34. The number of hydrazine groups is 1. The van der Waals surface area contributed by atoms with Crippen LogP contribution in [-0.4, -0.2) is 43.5 Å². The Balaban J connectivity index is 0.00000137. The fraction of sp³-hybridized carbons (Fsp3) is 0.923. The molecule has 0 unspecified atom stereocenters. The van der Waals surface area contributed by atoms with E-state index in [2.05, 4.69) is 22.7 Å². The van der Waals surface area contributed by atoms with Crippen molar-refractivity contribution in [2.75, 3.05) is 26.7 Å². The summed E-state index contributed by atoms with van der Waals surface area (Å²) in [7, 11) is 2.14. The summed E-state index contributed by atoms with van der Waals surface area (Å²) in [6.07, 6.45) is 6.67. The average molecular weight is 258 g/mol. The fourth-order valence-electron chi connectivity index (χ4n) is 2.23. The highest BCUT2D eigenvalue weighted by Crippen LogP contribution is 2.20. The van der Waals surface area contributed by atoms with Crippen LogP contribution in [0.15, 0.2) is 0 Å². The minimum Gasteiger partial charge on any atom is -0.354 e. The Bertz CT molecular complexity index is 205. The van der Waals surface area contributed by atoms with Crippen LogP contribution in [0.25, 0.3) is 0 Å². The van der Waals surface area contributed by atoms with Crippen molar-refractivity contribution >= 4 is 5.91 Å². The molecule has 0 bridgehead atoms. The number of nitrogens with two attached hydrogens (primary N) is 1. The molecule has 5 nitrogen and oxygen atoms in total. The number of hydrogen-bond acceptors (Lipinski definition) is 4. The van der Waals surface area contributed by atoms with Gasteiger partial charge in [0.15, 0.2) is 0 Å². The summed E-state index contributed by atoms with van der Waals surface area (Å²) >= 11 is 0. The molecule has 0 atom stereocenters. The van der Waals surface area contributed by atoms with E-state index in [0.29, 0.717) is 12.6 Å². The molecule has 0 aromatic rings. The molecule has 1 aliphatic rings. The maximum atomic E-state index is 11.1. The summed E-state index contributed by atoms with van der Waals surface area (Å²) in [6, 6.07) is 0.707. The van der Waals surface area contributed by atoms with Crippen molar-refractivity contribution in [2.24, 2.45) is 5.84 Å². The van der Waals surface area contributed by atoms with Crippen LogP contribution >= 0.6 is 0 Å². The van der Waals surface area contributed by atoms with Crippen molar-refractivity contribution in [1.29, 1.82) is 0 Å². The van der Waals surface area contributed by atoms with Crippen LogP contribution in [0, 0.1) is 0 Å². The number of hydrogen-bond donors (Lipinski definition) is 3. The molecule has 0 aliphatic heterocycles. The van der Waals surface area contributed by atoms with Crippen LogP contribution in [0.5, 0.6) is 0 Å². The molecular formula is C13H30N4O. The van der Waals surface area contributed by atoms with Gasteiger partial charge in [-0.1, -0.05) is 33.1 Å². The second kappa shape index (κ2) is 11.4. The fourth-order valence-corrected chi connectivity index (χ4v) is 2.23. The van der Waals surface area contributed by atoms with Gasteiger partial charge in [0.25, 0.3) is 0 Å². The predicted octanol–water partition coefficient (Wildman–Crippen LogP) is 0.857. The van der Waals surface area contributed by atoms with E-state index in [1.165, 1.54) is 32.1 Å². The Kier molecular flexibility index (Phi) is 11.0. The molecule has 1 fully saturated rings. The number of likely N-dealkylation sites (N-methyl/N-ethyl adjacent to an activating group) is 1. The molecule has 0 radical (unpaired) electrons. The van der Waals surface area contributed by atoms with Gasteiger partial charge in [-0.05, 0) is 19.9 Å². The van der Waals surface area contributed by atoms with Gasteiger partial charge in [0.2, 0.25) is 5.91 Å². The largest absolute Gasteiger partial charge is 0.354 e. The van der Waals surface area contributed by atoms with Crippen LogP contribution in [0.2, 0.25) is 0 Å². The Morgan fingerprint density at radius 3 is 2.44 bits per heavy atom. The normalized spacial score (nSPS) is 16.1. The number of nitrogens with one attached hydrogen (secondary N) is 2. The molecule has 1 rings (SSSR count). The third-order valence-corrected chi connectivity index (χ3v) is 3.25. The average Bonchev–Trinajstić information content (AvgIpc) is 2.42. The molecule has 0 spiro atoms. The second-order valence-electron chi connectivity index (χ2n) is 4.50. The Labute approximate surface area is 111 Å². The van der Waals surface area contributed by atoms with E-state index >= 15 is 0 Å². The lowest BCUT2D eigenvalue weighted by atomic mass is 9.94. The van der Waals surface area contributed by atoms with Gasteiger partial charge in [-0.2, -0.15) is 0 Å². The van der Waals surface area contributed by atoms with Crippen LogP contribution < -0.4 is 16.6 Å². The molecule has 0 heterocycles. The quantitative estimate of drug-likeness (QED) is 0.488. The number of nitrogens with zero attached hydrogens (tertiary/aromatic N) is 1. The van der Waals surface area contributed by atoms with E-state index in [9.17, 15) is 4.79 Å². The zero-order valence-electron chi connectivity index (χ0n) is 12.2. The maximum Gasteiger partial charge on any atom is 0.235 e. The zero-order chi connectivity index (χ0) is 13.8. The topological polar surface area (TPSA) is 70.4 Å². The van der Waals surface area contributed by atoms with Crippen molar-refractivity contribution in [2.45, 2.75) is 52.0 Å². The Hall–Kier alpha value is -0.650. The molecule has 0 saturated heterocycles. The molecule has 0 aromatic heterocycles. The number of carbonyl (C=O) groups is 1. The van der Waals surface area contributed by atoms with Crippen LogP contribution in [0.1, 0.15) is 46.0 Å². The van der Waals surface area contributed by atoms with E-state index in [4.69, 9.17) is 5.84 Å². The number of amides is 1. The molecule has 1 aliphatic carbocycles. The standard InChI is InChI=1S/C11H24N4O.C2H6/c1-15(10-5-3-2-4-6-10)8-7-13-11(16)9-14-12;1-2/h10,14H,2-9,12H2,1H3,(H,13,16);1-2H3. The second-order valence-corrected chi connectivity index (χ2v) is 4.50. The highest BCUT2D eigenvalue weighted by molar-refractivity contribution is 5.77. The Morgan fingerprint density at radius 1 is 1.28 bits per heavy atom. The first-order valence-electron chi connectivity index (χ1n) is 7.14. The van der Waals surface area contributed by atoms with Gasteiger partial charge in [-0.3, -0.25) is 16.1 Å². The van der Waals surface area contributed by atoms with Gasteiger partial charge in [0, 0.05) is 19.1 Å². The number of carbonyl (C=O) groups excluding carboxylic acids is 1. The molecule has 0 aromatic carbocycles. The van der Waals surface area contributed by atoms with Gasteiger partial charge in [0.1, 0.15) is 0 Å². The first-order chi connectivity index (χ1) is 8.74. The lowest BCUT2D eigenvalue weighted by molar-refractivity contribution is -0.120. The van der Waals surface area contributed by atoms with Gasteiger partial charge >= 0.3 is 0 Å². The first-order valence-corrected chi connectivity index (χ1v) is 7.14. The SMILES string of the molecule is CC.CN(CCNC(=O)CNN)C1CCCCC1. The molecule has 1 saturated carbocycles. The van der Waals surface area contributed by atoms with Crippen LogP contribution in [0.3, 0.4) is 0 Å². The van der Waals surface area contributed by atoms with E-state index < -0.39 is 0 Å². The van der Waals surface area contributed by atoms with Gasteiger partial charge < -0.3 is 10.2 Å². The van der Waals surface area contributed by atoms with Crippen LogP contribution in [-0.2, 0) is 4.79 Å². The molecular weight excluding hydrogens is 228 g/mol. The van der Waals surface area contributed by atoms with E-state index in [1.54, 1.807) is 0 Å². The summed E-state index contributed by atoms with van der Waals surface area (Å²) in [5.74, 6) is 5.01. The van der Waals surface area contributed by atoms with E-state index in [1.807, 2.05) is 13.8 Å². The highest BCUT2D eigenvalue weighted by atomic mass is 16.1. The minimum atomic E-state index is -0.0421. The third kappa shape index (κ3) is 7.63. The van der Waals surface area contributed by atoms with E-state index in [-0.39, 0.29) is 12.5 Å². The first kappa shape index (κ1) is 17.4. The maximum absolute atomic E-state index is 11.1. The molecule has 4 N–H and O–H groups in total. The van der Waals surface area contributed by atoms with Crippen molar-refractivity contribution in [3.05, 3.63) is 0 Å². The molecule has 1 amide bonds. The molecule has 108 valence electrons. The Morgan fingerprint density at radius 2 is 1.89 bits per heavy atom. The third-order valence-electron chi connectivity index (χ3n) is 3.25. The molecule has 5 heteroatoms. The monoisotopic (exact) mass is 258 g/mol. The van der Waals surface area contributed by atoms with Crippen molar-refractivity contribution < 1.29 is 4.79 Å². The smallest absolute Gasteiger partial charge is 0.235 e. The predicted molar refractivity (Wildman–Crippen MR) is 76.1 cm³/mol. The summed E-state index contributed by atoms with van der Waals surface area (Å²) in [4.78, 5) is 13.5. The van der Waals surface area contributed by atoms with Crippen molar-refractivity contribution in [1.82, 2.24) is 15.6 Å². The van der Waals surface area contributed by atoms with Crippen molar-refractivity contribution in [3.63, 3.8) is 0 Å². The zero-order valence-corrected chi connectivity index (χ0v) is 12.2.